The van der Waals surface area contributed by atoms with Crippen LogP contribution in [0.4, 0.5) is 0 Å². The molecule has 0 saturated carbocycles. The number of rotatable bonds is 6. The minimum absolute atomic E-state index is 0.00240. The van der Waals surface area contributed by atoms with Gasteiger partial charge in [-0.3, -0.25) is 9.59 Å². The van der Waals surface area contributed by atoms with Crippen LogP contribution in [0.3, 0.4) is 0 Å². The van der Waals surface area contributed by atoms with Crippen molar-refractivity contribution in [3.63, 3.8) is 0 Å². The highest BCUT2D eigenvalue weighted by atomic mass is 35.5. The molecule has 2 aromatic carbocycles. The first-order valence-corrected chi connectivity index (χ1v) is 9.49. The van der Waals surface area contributed by atoms with Gasteiger partial charge in [0.25, 0.3) is 11.8 Å². The van der Waals surface area contributed by atoms with E-state index in [1.54, 1.807) is 24.3 Å². The average molecular weight is 387 g/mol. The molecule has 3 rings (SSSR count). The predicted octanol–water partition coefficient (Wildman–Crippen LogP) is 3.39. The Kier molecular flexibility index (Phi) is 6.71. The number of halogens is 1. The van der Waals surface area contributed by atoms with Gasteiger partial charge < -0.3 is 15.0 Å². The number of hydrogen-bond donors (Lipinski definition) is 1. The molecule has 1 fully saturated rings. The van der Waals surface area contributed by atoms with Crippen molar-refractivity contribution in [2.45, 2.75) is 12.8 Å². The van der Waals surface area contributed by atoms with Crippen LogP contribution >= 0.6 is 11.6 Å². The number of benzene rings is 2. The molecule has 5 nitrogen and oxygen atoms in total. The molecule has 1 N–H and O–H groups in total. The van der Waals surface area contributed by atoms with Crippen LogP contribution in [0.15, 0.2) is 54.6 Å². The van der Waals surface area contributed by atoms with Crippen molar-refractivity contribution in [1.82, 2.24) is 10.2 Å². The standard InChI is InChI=1S/C21H23ClN2O3/c22-19-9-5-4-8-18(19)21(26)23-14-16-10-12-24(13-11-16)20(25)15-27-17-6-2-1-3-7-17/h1-9,16H,10-15H2,(H,23,26). The third-order valence-electron chi connectivity index (χ3n) is 4.74. The summed E-state index contributed by atoms with van der Waals surface area (Å²) in [6.07, 6.45) is 1.72. The number of nitrogens with zero attached hydrogens (tertiary/aromatic N) is 1. The monoisotopic (exact) mass is 386 g/mol. The van der Waals surface area contributed by atoms with E-state index in [2.05, 4.69) is 5.32 Å². The molecule has 1 heterocycles. The zero-order chi connectivity index (χ0) is 19.1. The molecule has 0 aliphatic carbocycles. The van der Waals surface area contributed by atoms with Crippen molar-refractivity contribution in [1.29, 1.82) is 0 Å². The molecule has 2 aromatic rings. The number of carbonyl (C=O) groups is 2. The van der Waals surface area contributed by atoms with Crippen molar-refractivity contribution < 1.29 is 14.3 Å². The zero-order valence-corrected chi connectivity index (χ0v) is 15.8. The van der Waals surface area contributed by atoms with Crippen LogP contribution in [0, 0.1) is 5.92 Å². The lowest BCUT2D eigenvalue weighted by Crippen LogP contribution is -2.43. The van der Waals surface area contributed by atoms with Gasteiger partial charge in [0.15, 0.2) is 6.61 Å². The molecule has 0 aromatic heterocycles. The average Bonchev–Trinajstić information content (AvgIpc) is 2.72. The number of amides is 2. The van der Waals surface area contributed by atoms with Gasteiger partial charge in [-0.1, -0.05) is 41.9 Å². The van der Waals surface area contributed by atoms with E-state index in [-0.39, 0.29) is 18.4 Å². The molecule has 0 unspecified atom stereocenters. The molecular formula is C21H23ClN2O3. The molecule has 0 bridgehead atoms. The van der Waals surface area contributed by atoms with E-state index in [1.807, 2.05) is 35.2 Å². The summed E-state index contributed by atoms with van der Waals surface area (Å²) >= 11 is 6.05. The largest absolute Gasteiger partial charge is 0.484 e. The lowest BCUT2D eigenvalue weighted by Gasteiger charge is -2.32. The van der Waals surface area contributed by atoms with Gasteiger partial charge in [-0.15, -0.1) is 0 Å². The van der Waals surface area contributed by atoms with E-state index >= 15 is 0 Å². The van der Waals surface area contributed by atoms with Crippen LogP contribution in [-0.2, 0) is 4.79 Å². The topological polar surface area (TPSA) is 58.6 Å². The fraction of sp³-hybridized carbons (Fsp3) is 0.333. The van der Waals surface area contributed by atoms with Crippen LogP contribution < -0.4 is 10.1 Å². The fourth-order valence-electron chi connectivity index (χ4n) is 3.12. The van der Waals surface area contributed by atoms with Gasteiger partial charge in [-0.05, 0) is 43.0 Å². The third-order valence-corrected chi connectivity index (χ3v) is 5.07. The molecule has 0 spiro atoms. The maximum atomic E-state index is 12.3. The first kappa shape index (κ1) is 19.2. The smallest absolute Gasteiger partial charge is 0.260 e. The van der Waals surface area contributed by atoms with Crippen molar-refractivity contribution in [2.75, 3.05) is 26.2 Å². The Labute approximate surface area is 164 Å². The SMILES string of the molecule is O=C(NCC1CCN(C(=O)COc2ccccc2)CC1)c1ccccc1Cl. The van der Waals surface area contributed by atoms with Gasteiger partial charge in [0.2, 0.25) is 0 Å². The molecular weight excluding hydrogens is 364 g/mol. The van der Waals surface area contributed by atoms with Gasteiger partial charge >= 0.3 is 0 Å². The fourth-order valence-corrected chi connectivity index (χ4v) is 3.34. The number of nitrogens with one attached hydrogen (secondary N) is 1. The second kappa shape index (κ2) is 9.42. The normalized spacial score (nSPS) is 14.6. The summed E-state index contributed by atoms with van der Waals surface area (Å²) < 4.78 is 5.53. The number of piperidine rings is 1. The maximum Gasteiger partial charge on any atom is 0.260 e. The predicted molar refractivity (Wildman–Crippen MR) is 105 cm³/mol. The Bertz CT molecular complexity index is 774. The zero-order valence-electron chi connectivity index (χ0n) is 15.1. The van der Waals surface area contributed by atoms with E-state index in [1.165, 1.54) is 0 Å². The van der Waals surface area contributed by atoms with Gasteiger partial charge in [-0.2, -0.15) is 0 Å². The van der Waals surface area contributed by atoms with Crippen LogP contribution in [0.2, 0.25) is 5.02 Å². The van der Waals surface area contributed by atoms with Crippen molar-refractivity contribution in [3.05, 3.63) is 65.2 Å². The highest BCUT2D eigenvalue weighted by Crippen LogP contribution is 2.18. The minimum Gasteiger partial charge on any atom is -0.484 e. The number of likely N-dealkylation sites (tertiary alicyclic amines) is 1. The molecule has 27 heavy (non-hydrogen) atoms. The van der Waals surface area contributed by atoms with Gasteiger partial charge in [0.05, 0.1) is 10.6 Å². The van der Waals surface area contributed by atoms with E-state index in [0.717, 1.165) is 12.8 Å². The van der Waals surface area contributed by atoms with Crippen molar-refractivity contribution >= 4 is 23.4 Å². The Morgan fingerprint density at radius 2 is 1.70 bits per heavy atom. The lowest BCUT2D eigenvalue weighted by atomic mass is 9.96. The Morgan fingerprint density at radius 3 is 2.41 bits per heavy atom. The second-order valence-corrected chi connectivity index (χ2v) is 7.02. The number of para-hydroxylation sites is 1. The molecule has 0 radical (unpaired) electrons. The highest BCUT2D eigenvalue weighted by molar-refractivity contribution is 6.33. The summed E-state index contributed by atoms with van der Waals surface area (Å²) in [5.74, 6) is 0.895. The van der Waals surface area contributed by atoms with Gasteiger partial charge in [0, 0.05) is 19.6 Å². The molecule has 0 atom stereocenters. The molecule has 2 amide bonds. The first-order valence-electron chi connectivity index (χ1n) is 9.12. The van der Waals surface area contributed by atoms with E-state index in [9.17, 15) is 9.59 Å². The summed E-state index contributed by atoms with van der Waals surface area (Å²) in [7, 11) is 0. The summed E-state index contributed by atoms with van der Waals surface area (Å²) in [5, 5.41) is 3.40. The summed E-state index contributed by atoms with van der Waals surface area (Å²) in [6.45, 7) is 2.01. The highest BCUT2D eigenvalue weighted by Gasteiger charge is 2.23. The number of ether oxygens (including phenoxy) is 1. The number of hydrogen-bond acceptors (Lipinski definition) is 3. The van der Waals surface area contributed by atoms with E-state index in [4.69, 9.17) is 16.3 Å². The lowest BCUT2D eigenvalue weighted by molar-refractivity contribution is -0.134. The molecule has 6 heteroatoms. The molecule has 1 saturated heterocycles. The van der Waals surface area contributed by atoms with Gasteiger partial charge in [-0.25, -0.2) is 0 Å². The third kappa shape index (κ3) is 5.47. The van der Waals surface area contributed by atoms with Crippen LogP contribution in [0.5, 0.6) is 5.75 Å². The van der Waals surface area contributed by atoms with Crippen molar-refractivity contribution in [2.24, 2.45) is 5.92 Å². The minimum atomic E-state index is -0.157. The Morgan fingerprint density at radius 1 is 1.04 bits per heavy atom. The first-order chi connectivity index (χ1) is 13.1. The van der Waals surface area contributed by atoms with Crippen LogP contribution in [-0.4, -0.2) is 43.0 Å². The summed E-state index contributed by atoms with van der Waals surface area (Å²) in [6, 6.07) is 16.3. The Balaban J connectivity index is 1.39. The quantitative estimate of drug-likeness (QED) is 0.827. The molecule has 142 valence electrons. The molecule has 1 aliphatic rings. The molecule has 1 aliphatic heterocycles. The Hall–Kier alpha value is -2.53. The summed E-state index contributed by atoms with van der Waals surface area (Å²) in [4.78, 5) is 26.3. The maximum absolute atomic E-state index is 12.3. The number of carbonyl (C=O) groups excluding carboxylic acids is 2. The van der Waals surface area contributed by atoms with E-state index in [0.29, 0.717) is 41.9 Å². The summed E-state index contributed by atoms with van der Waals surface area (Å²) in [5.41, 5.74) is 0.491. The van der Waals surface area contributed by atoms with Crippen molar-refractivity contribution in [3.8, 4) is 5.75 Å². The van der Waals surface area contributed by atoms with Crippen LogP contribution in [0.25, 0.3) is 0 Å². The van der Waals surface area contributed by atoms with Gasteiger partial charge in [0.1, 0.15) is 5.75 Å². The van der Waals surface area contributed by atoms with E-state index < -0.39 is 0 Å². The van der Waals surface area contributed by atoms with Crippen LogP contribution in [0.1, 0.15) is 23.2 Å². The second-order valence-electron chi connectivity index (χ2n) is 6.62.